The van der Waals surface area contributed by atoms with Crippen LogP contribution in [0.15, 0.2) is 4.99 Å². The zero-order valence-corrected chi connectivity index (χ0v) is 7.32. The normalized spacial score (nSPS) is 27.2. The molecule has 1 aliphatic carbocycles. The molecule has 1 fully saturated rings. The van der Waals surface area contributed by atoms with E-state index in [1.807, 2.05) is 0 Å². The molecule has 1 spiro atoms. The van der Waals surface area contributed by atoms with Crippen LogP contribution in [0.3, 0.4) is 0 Å². The first kappa shape index (κ1) is 7.41. The highest BCUT2D eigenvalue weighted by Gasteiger charge is 2.38. The molecule has 1 aliphatic heterocycles. The van der Waals surface area contributed by atoms with Crippen LogP contribution in [0.2, 0.25) is 0 Å². The quantitative estimate of drug-likeness (QED) is 0.595. The van der Waals surface area contributed by atoms with Gasteiger partial charge in [0.25, 0.3) is 0 Å². The molecular weight excluding hydrogens is 160 g/mol. The van der Waals surface area contributed by atoms with Gasteiger partial charge in [-0.15, -0.1) is 11.6 Å². The van der Waals surface area contributed by atoms with E-state index in [-0.39, 0.29) is 0 Å². The Hall–Kier alpha value is -0.240. The maximum absolute atomic E-state index is 5.64. The average molecular weight is 173 g/mol. The van der Waals surface area contributed by atoms with E-state index in [2.05, 4.69) is 10.3 Å². The standard InChI is InChI=1S/C8H13ClN2/c9-4-7-10-5-8(6-11-7)2-1-3-8/h1-6H2,(H,10,11). The number of nitrogens with one attached hydrogen (secondary N) is 1. The molecule has 1 heterocycles. The van der Waals surface area contributed by atoms with E-state index in [4.69, 9.17) is 11.6 Å². The van der Waals surface area contributed by atoms with Gasteiger partial charge in [0.1, 0.15) is 5.84 Å². The van der Waals surface area contributed by atoms with E-state index >= 15 is 0 Å². The van der Waals surface area contributed by atoms with Crippen molar-refractivity contribution in [3.05, 3.63) is 0 Å². The van der Waals surface area contributed by atoms with Crippen molar-refractivity contribution < 1.29 is 0 Å². The molecule has 2 nitrogen and oxygen atoms in total. The minimum atomic E-state index is 0.523. The van der Waals surface area contributed by atoms with Crippen LogP contribution in [0, 0.1) is 5.41 Å². The van der Waals surface area contributed by atoms with Crippen LogP contribution in [0.5, 0.6) is 0 Å². The van der Waals surface area contributed by atoms with Crippen LogP contribution in [-0.4, -0.2) is 24.8 Å². The molecule has 0 unspecified atom stereocenters. The molecule has 0 atom stereocenters. The van der Waals surface area contributed by atoms with Crippen LogP contribution >= 0.6 is 11.6 Å². The molecule has 1 saturated carbocycles. The number of hydrogen-bond acceptors (Lipinski definition) is 2. The van der Waals surface area contributed by atoms with Gasteiger partial charge < -0.3 is 5.32 Å². The van der Waals surface area contributed by atoms with Crippen molar-refractivity contribution in [3.8, 4) is 0 Å². The maximum atomic E-state index is 5.64. The van der Waals surface area contributed by atoms with E-state index in [1.54, 1.807) is 0 Å². The summed E-state index contributed by atoms with van der Waals surface area (Å²) in [6, 6.07) is 0. The van der Waals surface area contributed by atoms with Gasteiger partial charge in [0.15, 0.2) is 0 Å². The molecule has 3 heteroatoms. The average Bonchev–Trinajstić information content (AvgIpc) is 2.02. The summed E-state index contributed by atoms with van der Waals surface area (Å²) < 4.78 is 0. The lowest BCUT2D eigenvalue weighted by Crippen LogP contribution is -2.48. The molecule has 0 radical (unpaired) electrons. The summed E-state index contributed by atoms with van der Waals surface area (Å²) in [7, 11) is 0. The molecule has 2 aliphatic rings. The fourth-order valence-corrected chi connectivity index (χ4v) is 1.94. The highest BCUT2D eigenvalue weighted by molar-refractivity contribution is 6.28. The largest absolute Gasteiger partial charge is 0.372 e. The number of rotatable bonds is 1. The van der Waals surface area contributed by atoms with Crippen LogP contribution in [0.4, 0.5) is 0 Å². The minimum absolute atomic E-state index is 0.523. The number of aliphatic imine (C=N–C) groups is 1. The van der Waals surface area contributed by atoms with Gasteiger partial charge in [0.2, 0.25) is 0 Å². The van der Waals surface area contributed by atoms with Gasteiger partial charge in [0.05, 0.1) is 5.88 Å². The van der Waals surface area contributed by atoms with E-state index in [9.17, 15) is 0 Å². The van der Waals surface area contributed by atoms with Gasteiger partial charge in [-0.2, -0.15) is 0 Å². The number of halogens is 1. The summed E-state index contributed by atoms with van der Waals surface area (Å²) in [6.45, 7) is 2.10. The van der Waals surface area contributed by atoms with E-state index in [1.165, 1.54) is 19.3 Å². The summed E-state index contributed by atoms with van der Waals surface area (Å²) in [5, 5.41) is 3.28. The fraction of sp³-hybridized carbons (Fsp3) is 0.875. The zero-order valence-electron chi connectivity index (χ0n) is 6.57. The second kappa shape index (κ2) is 2.67. The predicted molar refractivity (Wildman–Crippen MR) is 47.3 cm³/mol. The minimum Gasteiger partial charge on any atom is -0.372 e. The molecule has 0 aromatic carbocycles. The van der Waals surface area contributed by atoms with Gasteiger partial charge >= 0.3 is 0 Å². The summed E-state index contributed by atoms with van der Waals surface area (Å²) >= 11 is 5.64. The first-order valence-electron chi connectivity index (χ1n) is 4.18. The topological polar surface area (TPSA) is 24.4 Å². The molecule has 0 saturated heterocycles. The van der Waals surface area contributed by atoms with Crippen molar-refractivity contribution in [1.29, 1.82) is 0 Å². The summed E-state index contributed by atoms with van der Waals surface area (Å²) in [5.74, 6) is 1.51. The number of alkyl halides is 1. The number of nitrogens with zero attached hydrogens (tertiary/aromatic N) is 1. The van der Waals surface area contributed by atoms with Crippen molar-refractivity contribution in [3.63, 3.8) is 0 Å². The van der Waals surface area contributed by atoms with Crippen molar-refractivity contribution in [1.82, 2.24) is 5.32 Å². The van der Waals surface area contributed by atoms with Crippen LogP contribution in [0.1, 0.15) is 19.3 Å². The Labute approximate surface area is 72.0 Å². The highest BCUT2D eigenvalue weighted by Crippen LogP contribution is 2.41. The van der Waals surface area contributed by atoms with E-state index in [0.717, 1.165) is 18.9 Å². The van der Waals surface area contributed by atoms with Crippen LogP contribution in [-0.2, 0) is 0 Å². The van der Waals surface area contributed by atoms with Crippen molar-refractivity contribution >= 4 is 17.4 Å². The van der Waals surface area contributed by atoms with Crippen molar-refractivity contribution in [2.24, 2.45) is 10.4 Å². The Bertz CT molecular complexity index is 185. The molecule has 0 bridgehead atoms. The van der Waals surface area contributed by atoms with Gasteiger partial charge in [-0.05, 0) is 12.8 Å². The maximum Gasteiger partial charge on any atom is 0.111 e. The van der Waals surface area contributed by atoms with Gasteiger partial charge in [-0.1, -0.05) is 6.42 Å². The first-order valence-corrected chi connectivity index (χ1v) is 4.71. The Morgan fingerprint density at radius 2 is 2.36 bits per heavy atom. The Balaban J connectivity index is 1.98. The summed E-state index contributed by atoms with van der Waals surface area (Å²) in [4.78, 5) is 4.40. The molecule has 0 amide bonds. The highest BCUT2D eigenvalue weighted by atomic mass is 35.5. The lowest BCUT2D eigenvalue weighted by atomic mass is 9.68. The monoisotopic (exact) mass is 172 g/mol. The fourth-order valence-electron chi connectivity index (χ4n) is 1.77. The second-order valence-electron chi connectivity index (χ2n) is 3.60. The lowest BCUT2D eigenvalue weighted by Gasteiger charge is -2.43. The van der Waals surface area contributed by atoms with E-state index in [0.29, 0.717) is 11.3 Å². The summed E-state index contributed by atoms with van der Waals surface area (Å²) in [5.41, 5.74) is 0.523. The Morgan fingerprint density at radius 1 is 1.55 bits per heavy atom. The van der Waals surface area contributed by atoms with Crippen LogP contribution in [0.25, 0.3) is 0 Å². The lowest BCUT2D eigenvalue weighted by molar-refractivity contribution is 0.143. The predicted octanol–water partition coefficient (Wildman–Crippen LogP) is 1.40. The molecule has 1 N–H and O–H groups in total. The van der Waals surface area contributed by atoms with Crippen molar-refractivity contribution in [2.75, 3.05) is 19.0 Å². The molecule has 0 aromatic heterocycles. The SMILES string of the molecule is ClCC1=NCC2(CCC2)CN1. The first-order chi connectivity index (χ1) is 5.35. The van der Waals surface area contributed by atoms with Crippen LogP contribution < -0.4 is 5.32 Å². The third-order valence-electron chi connectivity index (χ3n) is 2.81. The molecule has 0 aromatic rings. The molecule has 2 rings (SSSR count). The Kier molecular flexibility index (Phi) is 1.80. The van der Waals surface area contributed by atoms with Crippen molar-refractivity contribution in [2.45, 2.75) is 19.3 Å². The second-order valence-corrected chi connectivity index (χ2v) is 3.87. The zero-order chi connectivity index (χ0) is 7.73. The van der Waals surface area contributed by atoms with Gasteiger partial charge in [-0.25, -0.2) is 0 Å². The number of amidine groups is 1. The third-order valence-corrected chi connectivity index (χ3v) is 3.07. The van der Waals surface area contributed by atoms with Gasteiger partial charge in [0, 0.05) is 18.5 Å². The van der Waals surface area contributed by atoms with Gasteiger partial charge in [-0.3, -0.25) is 4.99 Å². The molecule has 62 valence electrons. The smallest absolute Gasteiger partial charge is 0.111 e. The third kappa shape index (κ3) is 1.24. The summed E-state index contributed by atoms with van der Waals surface area (Å²) in [6.07, 6.45) is 4.07. The number of hydrogen-bond donors (Lipinski definition) is 1. The molecular formula is C8H13ClN2. The van der Waals surface area contributed by atoms with E-state index < -0.39 is 0 Å². The Morgan fingerprint density at radius 3 is 2.73 bits per heavy atom. The molecule has 11 heavy (non-hydrogen) atoms.